The van der Waals surface area contributed by atoms with Crippen LogP contribution in [0.15, 0.2) is 18.2 Å². The Morgan fingerprint density at radius 2 is 2.05 bits per heavy atom. The third kappa shape index (κ3) is 3.50. The van der Waals surface area contributed by atoms with Crippen LogP contribution >= 0.6 is 0 Å². The molecule has 0 unspecified atom stereocenters. The Morgan fingerprint density at radius 1 is 1.37 bits per heavy atom. The normalized spacial score (nSPS) is 16.4. The van der Waals surface area contributed by atoms with E-state index in [-0.39, 0.29) is 23.9 Å². The molecule has 0 spiro atoms. The lowest BCUT2D eigenvalue weighted by Crippen LogP contribution is -2.44. The molecule has 1 aliphatic rings. The molecule has 2 rings (SSSR count). The predicted octanol–water partition coefficient (Wildman–Crippen LogP) is 1.72. The van der Waals surface area contributed by atoms with E-state index >= 15 is 0 Å². The van der Waals surface area contributed by atoms with Gasteiger partial charge in [0, 0.05) is 19.2 Å². The molecule has 0 aliphatic carbocycles. The zero-order valence-corrected chi connectivity index (χ0v) is 11.0. The minimum Gasteiger partial charge on any atom is -0.342 e. The Kier molecular flexibility index (Phi) is 4.47. The Bertz CT molecular complexity index is 459. The highest BCUT2D eigenvalue weighted by Gasteiger charge is 2.22. The summed E-state index contributed by atoms with van der Waals surface area (Å²) in [7, 11) is 1.75. The van der Waals surface area contributed by atoms with E-state index in [4.69, 9.17) is 0 Å². The average Bonchev–Trinajstić information content (AvgIpc) is 2.42. The molecule has 0 aromatic heterocycles. The summed E-state index contributed by atoms with van der Waals surface area (Å²) in [5, 5.41) is 3.23. The second-order valence-electron chi connectivity index (χ2n) is 4.90. The zero-order valence-electron chi connectivity index (χ0n) is 11.0. The van der Waals surface area contributed by atoms with Gasteiger partial charge in [0.1, 0.15) is 11.6 Å². The molecule has 104 valence electrons. The van der Waals surface area contributed by atoms with Crippen molar-refractivity contribution < 1.29 is 13.6 Å². The van der Waals surface area contributed by atoms with Crippen LogP contribution < -0.4 is 5.32 Å². The minimum atomic E-state index is -0.660. The van der Waals surface area contributed by atoms with Crippen LogP contribution in [0.4, 0.5) is 8.78 Å². The topological polar surface area (TPSA) is 32.3 Å². The van der Waals surface area contributed by atoms with Crippen molar-refractivity contribution in [1.29, 1.82) is 0 Å². The van der Waals surface area contributed by atoms with Gasteiger partial charge in [-0.25, -0.2) is 8.78 Å². The zero-order chi connectivity index (χ0) is 13.8. The number of benzene rings is 1. The van der Waals surface area contributed by atoms with Crippen molar-refractivity contribution >= 4 is 5.91 Å². The summed E-state index contributed by atoms with van der Waals surface area (Å²) in [5.41, 5.74) is 0.243. The second kappa shape index (κ2) is 6.10. The standard InChI is InChI=1S/C14H18F2N2O/c1-18(12-4-6-17-7-5-12)14(19)8-10-2-3-11(15)9-13(10)16/h2-3,9,12,17H,4-8H2,1H3. The Morgan fingerprint density at radius 3 is 2.68 bits per heavy atom. The van der Waals surface area contributed by atoms with Crippen molar-refractivity contribution in [2.45, 2.75) is 25.3 Å². The van der Waals surface area contributed by atoms with E-state index in [0.29, 0.717) is 0 Å². The molecule has 1 N–H and O–H groups in total. The lowest BCUT2D eigenvalue weighted by Gasteiger charge is -2.31. The smallest absolute Gasteiger partial charge is 0.227 e. The molecule has 5 heteroatoms. The van der Waals surface area contributed by atoms with Crippen molar-refractivity contribution in [3.63, 3.8) is 0 Å². The first kappa shape index (κ1) is 13.9. The number of carbonyl (C=O) groups is 1. The number of carbonyl (C=O) groups excluding carboxylic acids is 1. The van der Waals surface area contributed by atoms with E-state index in [9.17, 15) is 13.6 Å². The summed E-state index contributed by atoms with van der Waals surface area (Å²) in [4.78, 5) is 13.8. The van der Waals surface area contributed by atoms with Gasteiger partial charge in [-0.05, 0) is 37.6 Å². The summed E-state index contributed by atoms with van der Waals surface area (Å²) in [6.45, 7) is 1.79. The summed E-state index contributed by atoms with van der Waals surface area (Å²) in [6, 6.07) is 3.53. The lowest BCUT2D eigenvalue weighted by molar-refractivity contribution is -0.131. The quantitative estimate of drug-likeness (QED) is 0.905. The second-order valence-corrected chi connectivity index (χ2v) is 4.90. The van der Waals surface area contributed by atoms with Crippen LogP contribution in [-0.4, -0.2) is 37.0 Å². The highest BCUT2D eigenvalue weighted by molar-refractivity contribution is 5.78. The Labute approximate surface area is 111 Å². The van der Waals surface area contributed by atoms with Gasteiger partial charge in [-0.1, -0.05) is 6.07 Å². The van der Waals surface area contributed by atoms with Gasteiger partial charge < -0.3 is 10.2 Å². The van der Waals surface area contributed by atoms with Crippen LogP contribution in [0.1, 0.15) is 18.4 Å². The number of amides is 1. The lowest BCUT2D eigenvalue weighted by atomic mass is 10.0. The molecule has 3 nitrogen and oxygen atoms in total. The number of piperidine rings is 1. The van der Waals surface area contributed by atoms with Gasteiger partial charge in [-0.2, -0.15) is 0 Å². The van der Waals surface area contributed by atoms with Gasteiger partial charge in [0.2, 0.25) is 5.91 Å². The van der Waals surface area contributed by atoms with Crippen molar-refractivity contribution in [3.8, 4) is 0 Å². The van der Waals surface area contributed by atoms with Gasteiger partial charge >= 0.3 is 0 Å². The van der Waals surface area contributed by atoms with E-state index in [2.05, 4.69) is 5.32 Å². The maximum absolute atomic E-state index is 13.5. The molecule has 0 bridgehead atoms. The first-order chi connectivity index (χ1) is 9.08. The van der Waals surface area contributed by atoms with E-state index in [1.165, 1.54) is 12.1 Å². The molecule has 0 saturated carbocycles. The minimum absolute atomic E-state index is 0.0213. The molecule has 19 heavy (non-hydrogen) atoms. The van der Waals surface area contributed by atoms with Crippen LogP contribution in [0.25, 0.3) is 0 Å². The number of nitrogens with one attached hydrogen (secondary N) is 1. The number of hydrogen-bond acceptors (Lipinski definition) is 2. The number of halogens is 2. The first-order valence-electron chi connectivity index (χ1n) is 6.48. The molecular formula is C14H18F2N2O. The molecule has 1 heterocycles. The number of rotatable bonds is 3. The average molecular weight is 268 g/mol. The van der Waals surface area contributed by atoms with Gasteiger partial charge in [-0.15, -0.1) is 0 Å². The Balaban J connectivity index is 1.99. The van der Waals surface area contributed by atoms with Crippen LogP contribution in [0.2, 0.25) is 0 Å². The van der Waals surface area contributed by atoms with Crippen molar-refractivity contribution in [2.24, 2.45) is 0 Å². The van der Waals surface area contributed by atoms with Crippen LogP contribution in [-0.2, 0) is 11.2 Å². The third-order valence-electron chi connectivity index (χ3n) is 3.61. The summed E-state index contributed by atoms with van der Waals surface area (Å²) < 4.78 is 26.3. The highest BCUT2D eigenvalue weighted by atomic mass is 19.1. The van der Waals surface area contributed by atoms with E-state index < -0.39 is 11.6 Å². The van der Waals surface area contributed by atoms with E-state index in [1.807, 2.05) is 0 Å². The highest BCUT2D eigenvalue weighted by Crippen LogP contribution is 2.14. The molecular weight excluding hydrogens is 250 g/mol. The first-order valence-corrected chi connectivity index (χ1v) is 6.48. The summed E-state index contributed by atoms with van der Waals surface area (Å²) in [6.07, 6.45) is 1.80. The van der Waals surface area contributed by atoms with Crippen LogP contribution in [0.3, 0.4) is 0 Å². The molecule has 1 amide bonds. The van der Waals surface area contributed by atoms with Crippen molar-refractivity contribution in [2.75, 3.05) is 20.1 Å². The molecule has 1 aromatic carbocycles. The van der Waals surface area contributed by atoms with Crippen LogP contribution in [0.5, 0.6) is 0 Å². The number of likely N-dealkylation sites (N-methyl/N-ethyl adjacent to an activating group) is 1. The van der Waals surface area contributed by atoms with E-state index in [1.54, 1.807) is 11.9 Å². The molecule has 1 saturated heterocycles. The number of nitrogens with zero attached hydrogens (tertiary/aromatic N) is 1. The van der Waals surface area contributed by atoms with Crippen molar-refractivity contribution in [1.82, 2.24) is 10.2 Å². The molecule has 1 aromatic rings. The fourth-order valence-corrected chi connectivity index (χ4v) is 2.35. The summed E-state index contributed by atoms with van der Waals surface area (Å²) >= 11 is 0. The van der Waals surface area contributed by atoms with Gasteiger partial charge in [0.15, 0.2) is 0 Å². The Hall–Kier alpha value is -1.49. The van der Waals surface area contributed by atoms with Crippen LogP contribution in [0, 0.1) is 11.6 Å². The maximum Gasteiger partial charge on any atom is 0.227 e. The SMILES string of the molecule is CN(C(=O)Cc1ccc(F)cc1F)C1CCNCC1. The van der Waals surface area contributed by atoms with Crippen molar-refractivity contribution in [3.05, 3.63) is 35.4 Å². The van der Waals surface area contributed by atoms with Gasteiger partial charge in [0.25, 0.3) is 0 Å². The number of hydrogen-bond donors (Lipinski definition) is 1. The third-order valence-corrected chi connectivity index (χ3v) is 3.61. The largest absolute Gasteiger partial charge is 0.342 e. The maximum atomic E-state index is 13.5. The van der Waals surface area contributed by atoms with Gasteiger partial charge in [0.05, 0.1) is 6.42 Å². The van der Waals surface area contributed by atoms with Gasteiger partial charge in [-0.3, -0.25) is 4.79 Å². The predicted molar refractivity (Wildman–Crippen MR) is 68.7 cm³/mol. The fourth-order valence-electron chi connectivity index (χ4n) is 2.35. The summed E-state index contributed by atoms with van der Waals surface area (Å²) in [5.74, 6) is -1.41. The monoisotopic (exact) mass is 268 g/mol. The molecule has 0 radical (unpaired) electrons. The molecule has 1 fully saturated rings. The molecule has 1 aliphatic heterocycles. The fraction of sp³-hybridized carbons (Fsp3) is 0.500. The molecule has 0 atom stereocenters. The van der Waals surface area contributed by atoms with E-state index in [0.717, 1.165) is 32.0 Å².